The highest BCUT2D eigenvalue weighted by molar-refractivity contribution is 7.17. The number of carbonyl (C=O) groups excluding carboxylic acids is 1. The van der Waals surface area contributed by atoms with Gasteiger partial charge in [-0.15, -0.1) is 12.4 Å². The summed E-state index contributed by atoms with van der Waals surface area (Å²) < 4.78 is 0. The number of piperidine rings is 1. The van der Waals surface area contributed by atoms with Gasteiger partial charge in [-0.1, -0.05) is 18.3 Å². The largest absolute Gasteiger partial charge is 0.348 e. The van der Waals surface area contributed by atoms with E-state index in [1.54, 1.807) is 0 Å². The Kier molecular flexibility index (Phi) is 5.71. The Morgan fingerprint density at radius 1 is 1.58 bits per heavy atom. The van der Waals surface area contributed by atoms with Gasteiger partial charge in [0, 0.05) is 12.1 Å². The van der Waals surface area contributed by atoms with Crippen molar-refractivity contribution < 1.29 is 9.72 Å². The van der Waals surface area contributed by atoms with Crippen molar-refractivity contribution in [1.82, 2.24) is 10.6 Å². The second kappa shape index (κ2) is 6.83. The van der Waals surface area contributed by atoms with E-state index in [2.05, 4.69) is 17.6 Å². The van der Waals surface area contributed by atoms with Crippen molar-refractivity contribution in [3.05, 3.63) is 27.1 Å². The number of nitrogens with zero attached hydrogens (tertiary/aromatic N) is 1. The first-order valence-corrected chi connectivity index (χ1v) is 6.65. The van der Waals surface area contributed by atoms with E-state index < -0.39 is 4.92 Å². The summed E-state index contributed by atoms with van der Waals surface area (Å²) in [5.41, 5.74) is 0. The first-order chi connectivity index (χ1) is 8.58. The zero-order valence-corrected chi connectivity index (χ0v) is 12.1. The lowest BCUT2D eigenvalue weighted by molar-refractivity contribution is -0.380. The molecule has 106 valence electrons. The monoisotopic (exact) mass is 305 g/mol. The van der Waals surface area contributed by atoms with Gasteiger partial charge >= 0.3 is 5.00 Å². The molecule has 1 aliphatic heterocycles. The molecule has 1 saturated heterocycles. The van der Waals surface area contributed by atoms with Crippen molar-refractivity contribution in [3.8, 4) is 0 Å². The molecule has 1 fully saturated rings. The summed E-state index contributed by atoms with van der Waals surface area (Å²) in [4.78, 5) is 22.4. The molecular weight excluding hydrogens is 290 g/mol. The van der Waals surface area contributed by atoms with Crippen LogP contribution >= 0.6 is 23.7 Å². The minimum Gasteiger partial charge on any atom is -0.348 e. The fourth-order valence-electron chi connectivity index (χ4n) is 2.02. The standard InChI is InChI=1S/C11H15N3O3S.ClH/c1-7-6-12-5-4-8(7)13-11(15)9-2-3-10(18-9)14(16)17;/h2-3,7-8,12H,4-6H2,1H3,(H,13,15);1H. The topological polar surface area (TPSA) is 84.3 Å². The molecule has 0 spiro atoms. The number of hydrogen-bond donors (Lipinski definition) is 2. The van der Waals surface area contributed by atoms with Crippen LogP contribution in [0.2, 0.25) is 0 Å². The Balaban J connectivity index is 0.00000180. The molecule has 2 unspecified atom stereocenters. The van der Waals surface area contributed by atoms with Gasteiger partial charge in [0.05, 0.1) is 9.80 Å². The predicted octanol–water partition coefficient (Wildman–Crippen LogP) is 1.81. The minimum atomic E-state index is -0.478. The third-order valence-electron chi connectivity index (χ3n) is 3.10. The lowest BCUT2D eigenvalue weighted by atomic mass is 9.95. The van der Waals surface area contributed by atoms with Crippen molar-refractivity contribution in [2.75, 3.05) is 13.1 Å². The second-order valence-corrected chi connectivity index (χ2v) is 5.51. The van der Waals surface area contributed by atoms with Crippen molar-refractivity contribution >= 4 is 34.7 Å². The normalized spacial score (nSPS) is 22.4. The zero-order chi connectivity index (χ0) is 13.1. The Morgan fingerprint density at radius 2 is 2.32 bits per heavy atom. The maximum atomic E-state index is 12.0. The van der Waals surface area contributed by atoms with Gasteiger partial charge in [-0.25, -0.2) is 0 Å². The molecule has 2 rings (SSSR count). The highest BCUT2D eigenvalue weighted by atomic mass is 35.5. The van der Waals surface area contributed by atoms with Gasteiger partial charge in [-0.3, -0.25) is 14.9 Å². The summed E-state index contributed by atoms with van der Waals surface area (Å²) in [6.07, 6.45) is 0.889. The maximum Gasteiger partial charge on any atom is 0.324 e. The third kappa shape index (κ3) is 3.89. The average molecular weight is 306 g/mol. The molecule has 8 heteroatoms. The quantitative estimate of drug-likeness (QED) is 0.659. The van der Waals surface area contributed by atoms with E-state index in [9.17, 15) is 14.9 Å². The lowest BCUT2D eigenvalue weighted by Gasteiger charge is -2.29. The van der Waals surface area contributed by atoms with E-state index in [1.165, 1.54) is 12.1 Å². The number of hydrogen-bond acceptors (Lipinski definition) is 5. The number of amides is 1. The summed E-state index contributed by atoms with van der Waals surface area (Å²) in [7, 11) is 0. The fraction of sp³-hybridized carbons (Fsp3) is 0.545. The summed E-state index contributed by atoms with van der Waals surface area (Å²) in [6.45, 7) is 3.85. The van der Waals surface area contributed by atoms with E-state index in [-0.39, 0.29) is 29.4 Å². The minimum absolute atomic E-state index is 0. The Hall–Kier alpha value is -1.18. The lowest BCUT2D eigenvalue weighted by Crippen LogP contribution is -2.48. The van der Waals surface area contributed by atoms with Crippen molar-refractivity contribution in [1.29, 1.82) is 0 Å². The molecular formula is C11H16ClN3O3S. The zero-order valence-electron chi connectivity index (χ0n) is 10.4. The van der Waals surface area contributed by atoms with Crippen LogP contribution in [-0.4, -0.2) is 30.0 Å². The molecule has 1 aromatic rings. The maximum absolute atomic E-state index is 12.0. The average Bonchev–Trinajstić information content (AvgIpc) is 2.81. The van der Waals surface area contributed by atoms with E-state index in [0.717, 1.165) is 30.8 Å². The second-order valence-electron chi connectivity index (χ2n) is 4.45. The molecule has 1 amide bonds. The Bertz CT molecular complexity index is 466. The number of carbonyl (C=O) groups is 1. The Morgan fingerprint density at radius 3 is 2.89 bits per heavy atom. The number of thiophene rings is 1. The van der Waals surface area contributed by atoms with Crippen molar-refractivity contribution in [2.24, 2.45) is 5.92 Å². The van der Waals surface area contributed by atoms with Crippen molar-refractivity contribution in [2.45, 2.75) is 19.4 Å². The first-order valence-electron chi connectivity index (χ1n) is 5.83. The molecule has 2 heterocycles. The van der Waals surface area contributed by atoms with Gasteiger partial charge in [-0.05, 0) is 31.5 Å². The number of rotatable bonds is 3. The third-order valence-corrected chi connectivity index (χ3v) is 4.13. The van der Waals surface area contributed by atoms with Crippen LogP contribution in [0.3, 0.4) is 0 Å². The van der Waals surface area contributed by atoms with Crippen LogP contribution in [0.4, 0.5) is 5.00 Å². The predicted molar refractivity (Wildman–Crippen MR) is 76.1 cm³/mol. The molecule has 19 heavy (non-hydrogen) atoms. The highest BCUT2D eigenvalue weighted by Gasteiger charge is 2.24. The summed E-state index contributed by atoms with van der Waals surface area (Å²) in [5, 5.41) is 16.8. The molecule has 0 radical (unpaired) electrons. The molecule has 0 saturated carbocycles. The summed E-state index contributed by atoms with van der Waals surface area (Å²) >= 11 is 0.912. The smallest absolute Gasteiger partial charge is 0.324 e. The Labute approximate surface area is 121 Å². The van der Waals surface area contributed by atoms with Crippen molar-refractivity contribution in [3.63, 3.8) is 0 Å². The molecule has 2 N–H and O–H groups in total. The summed E-state index contributed by atoms with van der Waals surface area (Å²) in [6, 6.07) is 3.01. The van der Waals surface area contributed by atoms with Gasteiger partial charge in [0.1, 0.15) is 0 Å². The molecule has 0 aliphatic carbocycles. The molecule has 0 bridgehead atoms. The van der Waals surface area contributed by atoms with Crippen LogP contribution in [0.1, 0.15) is 23.0 Å². The number of nitrogens with one attached hydrogen (secondary N) is 2. The molecule has 1 aromatic heterocycles. The van der Waals surface area contributed by atoms with E-state index in [4.69, 9.17) is 0 Å². The molecule has 1 aliphatic rings. The van der Waals surface area contributed by atoms with Gasteiger partial charge < -0.3 is 10.6 Å². The van der Waals surface area contributed by atoms with Crippen LogP contribution in [0.5, 0.6) is 0 Å². The summed E-state index contributed by atoms with van der Waals surface area (Å²) in [5.74, 6) is 0.157. The van der Waals surface area contributed by atoms with E-state index >= 15 is 0 Å². The van der Waals surface area contributed by atoms with Crippen LogP contribution in [0.25, 0.3) is 0 Å². The van der Waals surface area contributed by atoms with Crippen LogP contribution < -0.4 is 10.6 Å². The first kappa shape index (κ1) is 15.9. The van der Waals surface area contributed by atoms with Crippen LogP contribution in [0.15, 0.2) is 12.1 Å². The van der Waals surface area contributed by atoms with Crippen LogP contribution in [0, 0.1) is 16.0 Å². The van der Waals surface area contributed by atoms with Gasteiger partial charge in [0.25, 0.3) is 5.91 Å². The molecule has 0 aromatic carbocycles. The number of halogens is 1. The fourth-order valence-corrected chi connectivity index (χ4v) is 2.74. The van der Waals surface area contributed by atoms with Gasteiger partial charge in [0.15, 0.2) is 0 Å². The SMILES string of the molecule is CC1CNCCC1NC(=O)c1ccc([N+](=O)[O-])s1.Cl. The van der Waals surface area contributed by atoms with Gasteiger partial charge in [0.2, 0.25) is 0 Å². The highest BCUT2D eigenvalue weighted by Crippen LogP contribution is 2.24. The van der Waals surface area contributed by atoms with Crippen LogP contribution in [-0.2, 0) is 0 Å². The number of nitro groups is 1. The molecule has 2 atom stereocenters. The van der Waals surface area contributed by atoms with E-state index in [1.807, 2.05) is 0 Å². The van der Waals surface area contributed by atoms with Gasteiger partial charge in [-0.2, -0.15) is 0 Å². The van der Waals surface area contributed by atoms with E-state index in [0.29, 0.717) is 10.8 Å². The molecule has 6 nitrogen and oxygen atoms in total.